The molecule has 0 aliphatic heterocycles. The quantitative estimate of drug-likeness (QED) is 0.864. The van der Waals surface area contributed by atoms with Crippen LogP contribution in [-0.4, -0.2) is 31.3 Å². The van der Waals surface area contributed by atoms with Crippen LogP contribution in [0.3, 0.4) is 0 Å². The lowest BCUT2D eigenvalue weighted by Gasteiger charge is -2.21. The minimum atomic E-state index is -3.31. The highest BCUT2D eigenvalue weighted by Gasteiger charge is 2.21. The highest BCUT2D eigenvalue weighted by atomic mass is 32.2. The van der Waals surface area contributed by atoms with Crippen molar-refractivity contribution in [2.24, 2.45) is 5.92 Å². The molecule has 1 heterocycles. The van der Waals surface area contributed by atoms with E-state index in [1.165, 1.54) is 0 Å². The van der Waals surface area contributed by atoms with Gasteiger partial charge in [0.1, 0.15) is 5.75 Å². The lowest BCUT2D eigenvalue weighted by Crippen LogP contribution is -2.36. The number of hydrogen-bond donors (Lipinski definition) is 1. The molecule has 1 aromatic rings. The smallest absolute Gasteiger partial charge is 0.235 e. The minimum absolute atomic E-state index is 0.128. The van der Waals surface area contributed by atoms with Crippen LogP contribution in [-0.2, 0) is 14.6 Å². The molecule has 0 fully saturated rings. The van der Waals surface area contributed by atoms with E-state index in [2.05, 4.69) is 10.3 Å². The zero-order valence-electron chi connectivity index (χ0n) is 10.8. The van der Waals surface area contributed by atoms with Crippen molar-refractivity contribution in [3.05, 3.63) is 30.1 Å². The molecule has 0 spiro atoms. The molecule has 0 aliphatic rings. The summed E-state index contributed by atoms with van der Waals surface area (Å²) in [6.45, 7) is 3.89. The summed E-state index contributed by atoms with van der Waals surface area (Å²) in [5.74, 6) is -0.867. The molecule has 0 saturated heterocycles. The number of rotatable bonds is 5. The van der Waals surface area contributed by atoms with Crippen molar-refractivity contribution in [2.75, 3.05) is 12.0 Å². The number of pyridine rings is 1. The second kappa shape index (κ2) is 5.95. The van der Waals surface area contributed by atoms with Crippen LogP contribution < -0.4 is 5.32 Å². The molecule has 100 valence electrons. The monoisotopic (exact) mass is 270 g/mol. The lowest BCUT2D eigenvalue weighted by atomic mass is 10.0. The van der Waals surface area contributed by atoms with Gasteiger partial charge in [0.25, 0.3) is 0 Å². The van der Waals surface area contributed by atoms with E-state index in [1.807, 2.05) is 26.0 Å². The van der Waals surface area contributed by atoms with Crippen molar-refractivity contribution in [3.63, 3.8) is 0 Å². The predicted molar refractivity (Wildman–Crippen MR) is 69.7 cm³/mol. The van der Waals surface area contributed by atoms with Crippen LogP contribution in [0.1, 0.15) is 25.6 Å². The van der Waals surface area contributed by atoms with Crippen LogP contribution in [0.15, 0.2) is 24.4 Å². The summed E-state index contributed by atoms with van der Waals surface area (Å²) in [6, 6.07) is 5.16. The highest BCUT2D eigenvalue weighted by molar-refractivity contribution is 7.91. The van der Waals surface area contributed by atoms with Gasteiger partial charge in [-0.2, -0.15) is 0 Å². The van der Waals surface area contributed by atoms with Crippen LogP contribution in [0.2, 0.25) is 0 Å². The standard InChI is InChI=1S/C12H18N2O3S/c1-9(2)12(10-6-4-5-7-13-10)14-11(15)8-18(3,16)17/h4-7,9,12H,8H2,1-3H3,(H,14,15). The SMILES string of the molecule is CC(C)C(NC(=O)CS(C)(=O)=O)c1ccccn1. The maximum absolute atomic E-state index is 11.6. The number of carbonyl (C=O) groups excluding carboxylic acids is 1. The molecule has 1 N–H and O–H groups in total. The van der Waals surface area contributed by atoms with E-state index in [0.29, 0.717) is 0 Å². The number of sulfone groups is 1. The van der Waals surface area contributed by atoms with Gasteiger partial charge in [-0.1, -0.05) is 19.9 Å². The molecule has 18 heavy (non-hydrogen) atoms. The number of nitrogens with zero attached hydrogens (tertiary/aromatic N) is 1. The van der Waals surface area contributed by atoms with Gasteiger partial charge in [-0.05, 0) is 18.1 Å². The molecule has 0 aliphatic carbocycles. The molecule has 5 nitrogen and oxygen atoms in total. The number of nitrogens with one attached hydrogen (secondary N) is 1. The summed E-state index contributed by atoms with van der Waals surface area (Å²) in [6.07, 6.45) is 2.69. The largest absolute Gasteiger partial charge is 0.347 e. The first-order valence-corrected chi connectivity index (χ1v) is 7.73. The van der Waals surface area contributed by atoms with Crippen LogP contribution in [0.4, 0.5) is 0 Å². The van der Waals surface area contributed by atoms with Gasteiger partial charge in [-0.15, -0.1) is 0 Å². The van der Waals surface area contributed by atoms with E-state index in [1.54, 1.807) is 12.3 Å². The number of carbonyl (C=O) groups is 1. The van der Waals surface area contributed by atoms with E-state index in [9.17, 15) is 13.2 Å². The van der Waals surface area contributed by atoms with Crippen LogP contribution >= 0.6 is 0 Å². The van der Waals surface area contributed by atoms with E-state index < -0.39 is 21.5 Å². The van der Waals surface area contributed by atoms with Gasteiger partial charge in [0, 0.05) is 12.5 Å². The van der Waals surface area contributed by atoms with Crippen molar-refractivity contribution in [1.82, 2.24) is 10.3 Å². The Morgan fingerprint density at radius 2 is 2.06 bits per heavy atom. The normalized spacial score (nSPS) is 13.3. The van der Waals surface area contributed by atoms with E-state index >= 15 is 0 Å². The average molecular weight is 270 g/mol. The van der Waals surface area contributed by atoms with Gasteiger partial charge in [0.2, 0.25) is 5.91 Å². The molecule has 1 rings (SSSR count). The fraction of sp³-hybridized carbons (Fsp3) is 0.500. The summed E-state index contributed by atoms with van der Waals surface area (Å²) in [4.78, 5) is 15.8. The minimum Gasteiger partial charge on any atom is -0.347 e. The lowest BCUT2D eigenvalue weighted by molar-refractivity contribution is -0.119. The van der Waals surface area contributed by atoms with Crippen molar-refractivity contribution in [1.29, 1.82) is 0 Å². The van der Waals surface area contributed by atoms with Crippen molar-refractivity contribution >= 4 is 15.7 Å². The molecule has 1 atom stereocenters. The topological polar surface area (TPSA) is 76.1 Å². The summed E-state index contributed by atoms with van der Waals surface area (Å²) in [7, 11) is -3.31. The van der Waals surface area contributed by atoms with Crippen LogP contribution in [0.5, 0.6) is 0 Å². The van der Waals surface area contributed by atoms with Gasteiger partial charge in [-0.3, -0.25) is 9.78 Å². The fourth-order valence-electron chi connectivity index (χ4n) is 1.60. The molecule has 6 heteroatoms. The second-order valence-electron chi connectivity index (χ2n) is 4.61. The first-order valence-electron chi connectivity index (χ1n) is 5.67. The van der Waals surface area contributed by atoms with E-state index in [-0.39, 0.29) is 12.0 Å². The third kappa shape index (κ3) is 4.83. The third-order valence-corrected chi connectivity index (χ3v) is 3.17. The number of amides is 1. The average Bonchev–Trinajstić information content (AvgIpc) is 2.24. The Labute approximate surface area is 108 Å². The van der Waals surface area contributed by atoms with Gasteiger partial charge < -0.3 is 5.32 Å². The van der Waals surface area contributed by atoms with Gasteiger partial charge in [-0.25, -0.2) is 8.42 Å². The van der Waals surface area contributed by atoms with Crippen molar-refractivity contribution < 1.29 is 13.2 Å². The fourth-order valence-corrected chi connectivity index (χ4v) is 2.15. The highest BCUT2D eigenvalue weighted by Crippen LogP contribution is 2.19. The van der Waals surface area contributed by atoms with Crippen LogP contribution in [0.25, 0.3) is 0 Å². The zero-order chi connectivity index (χ0) is 13.8. The molecule has 1 amide bonds. The second-order valence-corrected chi connectivity index (χ2v) is 6.75. The molecule has 1 unspecified atom stereocenters. The van der Waals surface area contributed by atoms with Gasteiger partial charge in [0.15, 0.2) is 9.84 Å². The molecule has 0 saturated carbocycles. The number of aromatic nitrogens is 1. The van der Waals surface area contributed by atoms with Gasteiger partial charge >= 0.3 is 0 Å². The Morgan fingerprint density at radius 3 is 2.50 bits per heavy atom. The maximum Gasteiger partial charge on any atom is 0.235 e. The summed E-state index contributed by atoms with van der Waals surface area (Å²) < 4.78 is 22.1. The molecule has 1 aromatic heterocycles. The molecule has 0 bridgehead atoms. The summed E-state index contributed by atoms with van der Waals surface area (Å²) >= 11 is 0. The zero-order valence-corrected chi connectivity index (χ0v) is 11.6. The molecular weight excluding hydrogens is 252 g/mol. The molecule has 0 radical (unpaired) electrons. The Bertz CT molecular complexity index is 497. The van der Waals surface area contributed by atoms with Crippen molar-refractivity contribution in [3.8, 4) is 0 Å². The van der Waals surface area contributed by atoms with Crippen molar-refractivity contribution in [2.45, 2.75) is 19.9 Å². The van der Waals surface area contributed by atoms with Crippen LogP contribution in [0, 0.1) is 5.92 Å². The molecule has 0 aromatic carbocycles. The van der Waals surface area contributed by atoms with E-state index in [0.717, 1.165) is 11.9 Å². The number of hydrogen-bond acceptors (Lipinski definition) is 4. The Hall–Kier alpha value is -1.43. The third-order valence-electron chi connectivity index (χ3n) is 2.38. The Balaban J connectivity index is 2.80. The maximum atomic E-state index is 11.6. The Kier molecular flexibility index (Phi) is 4.84. The summed E-state index contributed by atoms with van der Waals surface area (Å²) in [5, 5.41) is 2.71. The predicted octanol–water partition coefficient (Wildman–Crippen LogP) is 0.939. The molecular formula is C12H18N2O3S. The summed E-state index contributed by atoms with van der Waals surface area (Å²) in [5.41, 5.74) is 0.731. The van der Waals surface area contributed by atoms with E-state index in [4.69, 9.17) is 0 Å². The first kappa shape index (κ1) is 14.6. The first-order chi connectivity index (χ1) is 8.29. The Morgan fingerprint density at radius 1 is 1.39 bits per heavy atom. The van der Waals surface area contributed by atoms with Gasteiger partial charge in [0.05, 0.1) is 11.7 Å².